The lowest BCUT2D eigenvalue weighted by atomic mass is 9.85. The van der Waals surface area contributed by atoms with E-state index in [4.69, 9.17) is 4.74 Å². The molecule has 0 saturated carbocycles. The van der Waals surface area contributed by atoms with Crippen LogP contribution in [-0.2, 0) is 0 Å². The summed E-state index contributed by atoms with van der Waals surface area (Å²) in [5.74, 6) is 0.705. The van der Waals surface area contributed by atoms with E-state index < -0.39 is 5.82 Å². The van der Waals surface area contributed by atoms with E-state index in [9.17, 15) is 4.39 Å². The van der Waals surface area contributed by atoms with Crippen molar-refractivity contribution in [3.63, 3.8) is 0 Å². The van der Waals surface area contributed by atoms with E-state index >= 15 is 0 Å². The van der Waals surface area contributed by atoms with Crippen molar-refractivity contribution >= 4 is 15.9 Å². The number of allylic oxidation sites excluding steroid dienone is 2. The van der Waals surface area contributed by atoms with Gasteiger partial charge in [0.15, 0.2) is 5.82 Å². The zero-order valence-corrected chi connectivity index (χ0v) is 11.3. The molecule has 0 spiro atoms. The molecule has 0 saturated heterocycles. The van der Waals surface area contributed by atoms with Gasteiger partial charge in [0.1, 0.15) is 0 Å². The van der Waals surface area contributed by atoms with Gasteiger partial charge < -0.3 is 4.74 Å². The first kappa shape index (κ1) is 12.6. The van der Waals surface area contributed by atoms with Crippen LogP contribution in [0.1, 0.15) is 19.8 Å². The zero-order valence-electron chi connectivity index (χ0n) is 9.70. The highest BCUT2D eigenvalue weighted by molar-refractivity contribution is 9.10. The lowest BCUT2D eigenvalue weighted by Gasteiger charge is -2.24. The Hall–Kier alpha value is -0.900. The minimum atomic E-state index is -0.418. The number of hydrogen-bond donors (Lipinski definition) is 0. The second kappa shape index (κ2) is 5.63. The number of nitrogens with zero attached hydrogens (tertiary/aromatic N) is 1. The molecule has 1 aromatic rings. The van der Waals surface area contributed by atoms with Crippen LogP contribution in [0.4, 0.5) is 4.39 Å². The largest absolute Gasteiger partial charge is 0.475 e. The lowest BCUT2D eigenvalue weighted by molar-refractivity contribution is 0.186. The number of halogens is 2. The van der Waals surface area contributed by atoms with Crippen molar-refractivity contribution in [3.8, 4) is 5.88 Å². The monoisotopic (exact) mass is 299 g/mol. The molecule has 2 unspecified atom stereocenters. The molecule has 0 fully saturated rings. The van der Waals surface area contributed by atoms with Gasteiger partial charge in [0.05, 0.1) is 6.61 Å². The molecule has 92 valence electrons. The van der Waals surface area contributed by atoms with Gasteiger partial charge in [-0.15, -0.1) is 0 Å². The Labute approximate surface area is 109 Å². The molecule has 0 aromatic carbocycles. The summed E-state index contributed by atoms with van der Waals surface area (Å²) >= 11 is 3.17. The SMILES string of the molecule is CC1CC=CCC1COc1ncc(Br)cc1F. The maximum Gasteiger partial charge on any atom is 0.250 e. The van der Waals surface area contributed by atoms with Crippen LogP contribution in [0.15, 0.2) is 28.9 Å². The molecular weight excluding hydrogens is 285 g/mol. The predicted molar refractivity (Wildman–Crippen MR) is 68.4 cm³/mol. The van der Waals surface area contributed by atoms with Crippen molar-refractivity contribution in [3.05, 3.63) is 34.7 Å². The number of pyridine rings is 1. The van der Waals surface area contributed by atoms with E-state index in [0.717, 1.165) is 12.8 Å². The van der Waals surface area contributed by atoms with Gasteiger partial charge in [0.25, 0.3) is 0 Å². The molecular formula is C13H15BrFNO. The van der Waals surface area contributed by atoms with Crippen LogP contribution in [0.5, 0.6) is 5.88 Å². The van der Waals surface area contributed by atoms with Crippen molar-refractivity contribution in [2.45, 2.75) is 19.8 Å². The van der Waals surface area contributed by atoms with Gasteiger partial charge in [-0.2, -0.15) is 0 Å². The first-order chi connectivity index (χ1) is 8.16. The molecule has 1 aliphatic rings. The molecule has 0 aliphatic heterocycles. The highest BCUT2D eigenvalue weighted by atomic mass is 79.9. The van der Waals surface area contributed by atoms with Gasteiger partial charge in [-0.25, -0.2) is 9.37 Å². The molecule has 1 aromatic heterocycles. The fourth-order valence-corrected chi connectivity index (χ4v) is 2.24. The quantitative estimate of drug-likeness (QED) is 0.788. The molecule has 0 N–H and O–H groups in total. The van der Waals surface area contributed by atoms with Crippen molar-refractivity contribution in [1.29, 1.82) is 0 Å². The van der Waals surface area contributed by atoms with E-state index in [1.165, 1.54) is 6.07 Å². The van der Waals surface area contributed by atoms with Crippen LogP contribution in [0.3, 0.4) is 0 Å². The molecule has 2 atom stereocenters. The summed E-state index contributed by atoms with van der Waals surface area (Å²) in [6, 6.07) is 1.37. The molecule has 0 bridgehead atoms. The van der Waals surface area contributed by atoms with Gasteiger partial charge in [-0.1, -0.05) is 19.1 Å². The molecule has 0 amide bonds. The smallest absolute Gasteiger partial charge is 0.250 e. The van der Waals surface area contributed by atoms with Crippen LogP contribution in [0, 0.1) is 17.7 Å². The van der Waals surface area contributed by atoms with Crippen molar-refractivity contribution in [2.24, 2.45) is 11.8 Å². The first-order valence-electron chi connectivity index (χ1n) is 5.75. The molecule has 2 rings (SSSR count). The summed E-state index contributed by atoms with van der Waals surface area (Å²) in [4.78, 5) is 3.93. The molecule has 1 heterocycles. The first-order valence-corrected chi connectivity index (χ1v) is 6.55. The third-order valence-corrected chi connectivity index (χ3v) is 3.56. The Morgan fingerprint density at radius 3 is 2.94 bits per heavy atom. The minimum absolute atomic E-state index is 0.0925. The molecule has 0 radical (unpaired) electrons. The summed E-state index contributed by atoms with van der Waals surface area (Å²) in [7, 11) is 0. The van der Waals surface area contributed by atoms with Crippen LogP contribution in [-0.4, -0.2) is 11.6 Å². The Balaban J connectivity index is 1.95. The number of rotatable bonds is 3. The topological polar surface area (TPSA) is 22.1 Å². The van der Waals surface area contributed by atoms with Gasteiger partial charge in [0.2, 0.25) is 5.88 Å². The Morgan fingerprint density at radius 1 is 1.47 bits per heavy atom. The summed E-state index contributed by atoms with van der Waals surface area (Å²) in [6.45, 7) is 2.72. The Morgan fingerprint density at radius 2 is 2.24 bits per heavy atom. The van der Waals surface area contributed by atoms with E-state index in [2.05, 4.69) is 40.0 Å². The summed E-state index contributed by atoms with van der Waals surface area (Å²) < 4.78 is 19.6. The molecule has 4 heteroatoms. The van der Waals surface area contributed by atoms with Crippen LogP contribution in [0.2, 0.25) is 0 Å². The third kappa shape index (κ3) is 3.28. The maximum atomic E-state index is 13.5. The van der Waals surface area contributed by atoms with E-state index in [1.54, 1.807) is 6.20 Å². The Bertz CT molecular complexity index is 422. The predicted octanol–water partition coefficient (Wildman–Crippen LogP) is 3.96. The zero-order chi connectivity index (χ0) is 12.3. The molecule has 2 nitrogen and oxygen atoms in total. The fraction of sp³-hybridized carbons (Fsp3) is 0.462. The minimum Gasteiger partial charge on any atom is -0.475 e. The second-order valence-electron chi connectivity index (χ2n) is 4.43. The average molecular weight is 300 g/mol. The standard InChI is InChI=1S/C13H15BrFNO/c1-9-4-2-3-5-10(9)8-17-13-12(15)6-11(14)7-16-13/h2-3,6-7,9-10H,4-5,8H2,1H3. The summed E-state index contributed by atoms with van der Waals surface area (Å²) in [6.07, 6.45) is 7.98. The van der Waals surface area contributed by atoms with Crippen molar-refractivity contribution in [2.75, 3.05) is 6.61 Å². The number of hydrogen-bond acceptors (Lipinski definition) is 2. The average Bonchev–Trinajstić information content (AvgIpc) is 2.30. The lowest BCUT2D eigenvalue weighted by Crippen LogP contribution is -2.21. The molecule has 1 aliphatic carbocycles. The fourth-order valence-electron chi connectivity index (χ4n) is 1.93. The third-order valence-electron chi connectivity index (χ3n) is 3.13. The highest BCUT2D eigenvalue weighted by Gasteiger charge is 2.19. The summed E-state index contributed by atoms with van der Waals surface area (Å²) in [5.41, 5.74) is 0. The van der Waals surface area contributed by atoms with E-state index in [1.807, 2.05) is 0 Å². The van der Waals surface area contributed by atoms with E-state index in [0.29, 0.717) is 22.9 Å². The van der Waals surface area contributed by atoms with E-state index in [-0.39, 0.29) is 5.88 Å². The normalized spacial score (nSPS) is 23.7. The summed E-state index contributed by atoms with van der Waals surface area (Å²) in [5, 5.41) is 0. The molecule has 17 heavy (non-hydrogen) atoms. The van der Waals surface area contributed by atoms with Crippen LogP contribution in [0.25, 0.3) is 0 Å². The highest BCUT2D eigenvalue weighted by Crippen LogP contribution is 2.26. The second-order valence-corrected chi connectivity index (χ2v) is 5.35. The van der Waals surface area contributed by atoms with Crippen molar-refractivity contribution < 1.29 is 9.13 Å². The number of aromatic nitrogens is 1. The van der Waals surface area contributed by atoms with Crippen molar-refractivity contribution in [1.82, 2.24) is 4.98 Å². The maximum absolute atomic E-state index is 13.5. The van der Waals surface area contributed by atoms with Crippen LogP contribution < -0.4 is 4.74 Å². The number of ether oxygens (including phenoxy) is 1. The van der Waals surface area contributed by atoms with Gasteiger partial charge >= 0.3 is 0 Å². The van der Waals surface area contributed by atoms with Gasteiger partial charge in [-0.3, -0.25) is 0 Å². The Kier molecular flexibility index (Phi) is 4.15. The van der Waals surface area contributed by atoms with Gasteiger partial charge in [-0.05, 0) is 46.7 Å². The van der Waals surface area contributed by atoms with Gasteiger partial charge in [0, 0.05) is 10.7 Å². The van der Waals surface area contributed by atoms with Crippen LogP contribution >= 0.6 is 15.9 Å².